The van der Waals surface area contributed by atoms with Gasteiger partial charge >= 0.3 is 0 Å². The topological polar surface area (TPSA) is 64.1 Å². The van der Waals surface area contributed by atoms with Gasteiger partial charge in [0.15, 0.2) is 9.84 Å². The second kappa shape index (κ2) is 5.32. The predicted molar refractivity (Wildman–Crippen MR) is 71.8 cm³/mol. The third-order valence-electron chi connectivity index (χ3n) is 2.73. The summed E-state index contributed by atoms with van der Waals surface area (Å²) >= 11 is 0. The van der Waals surface area contributed by atoms with E-state index in [1.54, 1.807) is 37.3 Å². The van der Waals surface area contributed by atoms with Crippen LogP contribution in [0.3, 0.4) is 0 Å². The first kappa shape index (κ1) is 13.4. The van der Waals surface area contributed by atoms with Crippen LogP contribution in [0, 0.1) is 0 Å². The zero-order valence-corrected chi connectivity index (χ0v) is 11.2. The van der Waals surface area contributed by atoms with Crippen LogP contribution in [0.1, 0.15) is 23.0 Å². The van der Waals surface area contributed by atoms with Crippen molar-refractivity contribution in [2.24, 2.45) is 0 Å². The van der Waals surface area contributed by atoms with Crippen molar-refractivity contribution in [1.82, 2.24) is 4.98 Å². The van der Waals surface area contributed by atoms with Gasteiger partial charge in [0.2, 0.25) is 5.78 Å². The highest BCUT2D eigenvalue weighted by molar-refractivity contribution is 7.91. The first-order valence-corrected chi connectivity index (χ1v) is 7.48. The summed E-state index contributed by atoms with van der Waals surface area (Å²) in [6.07, 6.45) is 1.53. The van der Waals surface area contributed by atoms with Gasteiger partial charge in [0.1, 0.15) is 5.69 Å². The van der Waals surface area contributed by atoms with Crippen LogP contribution in [0.5, 0.6) is 0 Å². The lowest BCUT2D eigenvalue weighted by atomic mass is 10.1. The number of aromatic nitrogens is 1. The Morgan fingerprint density at radius 2 is 1.95 bits per heavy atom. The molecule has 0 amide bonds. The van der Waals surface area contributed by atoms with E-state index in [2.05, 4.69) is 4.98 Å². The van der Waals surface area contributed by atoms with Crippen LogP contribution in [-0.4, -0.2) is 24.9 Å². The molecule has 0 fully saturated rings. The molecule has 1 heterocycles. The highest BCUT2D eigenvalue weighted by atomic mass is 32.2. The Balaban J connectivity index is 2.43. The molecule has 2 aromatic rings. The summed E-state index contributed by atoms with van der Waals surface area (Å²) in [6, 6.07) is 11.1. The van der Waals surface area contributed by atoms with Gasteiger partial charge in [0.05, 0.1) is 10.6 Å². The first-order valence-electron chi connectivity index (χ1n) is 5.83. The van der Waals surface area contributed by atoms with E-state index >= 15 is 0 Å². The van der Waals surface area contributed by atoms with E-state index < -0.39 is 9.84 Å². The first-order chi connectivity index (χ1) is 9.04. The lowest BCUT2D eigenvalue weighted by Gasteiger charge is -2.04. The van der Waals surface area contributed by atoms with Gasteiger partial charge in [-0.3, -0.25) is 9.78 Å². The number of carbonyl (C=O) groups is 1. The minimum Gasteiger partial charge on any atom is -0.287 e. The molecule has 0 spiro atoms. The fourth-order valence-corrected chi connectivity index (χ4v) is 2.57. The number of carbonyl (C=O) groups excluding carboxylic acids is 1. The van der Waals surface area contributed by atoms with Crippen molar-refractivity contribution in [3.63, 3.8) is 0 Å². The molecular formula is C14H13NO3S. The molecule has 0 bridgehead atoms. The predicted octanol–water partition coefficient (Wildman–Crippen LogP) is 2.11. The molecule has 0 aliphatic rings. The number of rotatable bonds is 4. The standard InChI is InChI=1S/C14H13NO3S/c1-2-19(17,18)12-7-5-6-11(10-12)14(16)13-8-3-4-9-15-13/h3-10H,2H2,1H3. The molecule has 5 heteroatoms. The molecule has 1 aromatic carbocycles. The molecule has 0 aliphatic carbocycles. The maximum Gasteiger partial charge on any atom is 0.211 e. The Morgan fingerprint density at radius 1 is 1.16 bits per heavy atom. The number of ketones is 1. The van der Waals surface area contributed by atoms with Crippen molar-refractivity contribution in [3.05, 3.63) is 59.9 Å². The van der Waals surface area contributed by atoms with Gasteiger partial charge in [-0.1, -0.05) is 25.1 Å². The van der Waals surface area contributed by atoms with E-state index in [4.69, 9.17) is 0 Å². The molecule has 98 valence electrons. The Morgan fingerprint density at radius 3 is 2.58 bits per heavy atom. The monoisotopic (exact) mass is 275 g/mol. The number of hydrogen-bond donors (Lipinski definition) is 0. The minimum absolute atomic E-state index is 0.00817. The van der Waals surface area contributed by atoms with Crippen LogP contribution in [0.15, 0.2) is 53.6 Å². The number of nitrogens with zero attached hydrogens (tertiary/aromatic N) is 1. The van der Waals surface area contributed by atoms with Gasteiger partial charge < -0.3 is 0 Å². The van der Waals surface area contributed by atoms with Crippen molar-refractivity contribution in [1.29, 1.82) is 0 Å². The van der Waals surface area contributed by atoms with Gasteiger partial charge in [0, 0.05) is 11.8 Å². The summed E-state index contributed by atoms with van der Waals surface area (Å²) in [5, 5.41) is 0. The minimum atomic E-state index is -3.31. The molecule has 0 saturated heterocycles. The van der Waals surface area contributed by atoms with Crippen LogP contribution in [0.2, 0.25) is 0 Å². The summed E-state index contributed by atoms with van der Waals surface area (Å²) in [5.41, 5.74) is 0.627. The zero-order chi connectivity index (χ0) is 13.9. The van der Waals surface area contributed by atoms with Crippen molar-refractivity contribution in [2.75, 3.05) is 5.75 Å². The Hall–Kier alpha value is -2.01. The van der Waals surface area contributed by atoms with Crippen molar-refractivity contribution in [3.8, 4) is 0 Å². The third kappa shape index (κ3) is 2.88. The quantitative estimate of drug-likeness (QED) is 0.802. The molecule has 0 unspecified atom stereocenters. The third-order valence-corrected chi connectivity index (χ3v) is 4.47. The molecule has 0 atom stereocenters. The fraction of sp³-hybridized carbons (Fsp3) is 0.143. The largest absolute Gasteiger partial charge is 0.287 e. The number of pyridine rings is 1. The second-order valence-corrected chi connectivity index (χ2v) is 6.25. The van der Waals surface area contributed by atoms with Crippen molar-refractivity contribution in [2.45, 2.75) is 11.8 Å². The average molecular weight is 275 g/mol. The maximum atomic E-state index is 12.2. The lowest BCUT2D eigenvalue weighted by Crippen LogP contribution is -2.07. The zero-order valence-electron chi connectivity index (χ0n) is 10.4. The van der Waals surface area contributed by atoms with E-state index in [9.17, 15) is 13.2 Å². The summed E-state index contributed by atoms with van der Waals surface area (Å²) in [5.74, 6) is -0.275. The van der Waals surface area contributed by atoms with Crippen LogP contribution in [0.25, 0.3) is 0 Å². The van der Waals surface area contributed by atoms with E-state index in [0.717, 1.165) is 0 Å². The second-order valence-electron chi connectivity index (χ2n) is 3.98. The van der Waals surface area contributed by atoms with Crippen LogP contribution < -0.4 is 0 Å². The van der Waals surface area contributed by atoms with Gasteiger partial charge in [0.25, 0.3) is 0 Å². The highest BCUT2D eigenvalue weighted by Crippen LogP contribution is 2.15. The lowest BCUT2D eigenvalue weighted by molar-refractivity contribution is 0.103. The summed E-state index contributed by atoms with van der Waals surface area (Å²) in [4.78, 5) is 16.3. The van der Waals surface area contributed by atoms with E-state index in [1.165, 1.54) is 18.3 Å². The fourth-order valence-electron chi connectivity index (χ4n) is 1.64. The number of sulfone groups is 1. The molecule has 0 N–H and O–H groups in total. The van der Waals surface area contributed by atoms with Gasteiger partial charge in [-0.05, 0) is 24.3 Å². The molecule has 1 aromatic heterocycles. The summed E-state index contributed by atoms with van der Waals surface area (Å²) in [7, 11) is -3.31. The summed E-state index contributed by atoms with van der Waals surface area (Å²) in [6.45, 7) is 1.57. The van der Waals surface area contributed by atoms with E-state index in [-0.39, 0.29) is 16.4 Å². The molecule has 0 aliphatic heterocycles. The molecule has 0 radical (unpaired) electrons. The van der Waals surface area contributed by atoms with Crippen molar-refractivity contribution >= 4 is 15.6 Å². The normalized spacial score (nSPS) is 11.2. The maximum absolute atomic E-state index is 12.2. The number of hydrogen-bond acceptors (Lipinski definition) is 4. The van der Waals surface area contributed by atoms with E-state index in [1.807, 2.05) is 0 Å². The van der Waals surface area contributed by atoms with E-state index in [0.29, 0.717) is 11.3 Å². The Labute approximate surface area is 112 Å². The Kier molecular flexibility index (Phi) is 3.76. The van der Waals surface area contributed by atoms with Gasteiger partial charge in [-0.2, -0.15) is 0 Å². The smallest absolute Gasteiger partial charge is 0.211 e. The molecule has 0 saturated carbocycles. The summed E-state index contributed by atoms with van der Waals surface area (Å²) < 4.78 is 23.6. The van der Waals surface area contributed by atoms with Crippen LogP contribution >= 0.6 is 0 Å². The average Bonchev–Trinajstić information content (AvgIpc) is 2.47. The molecule has 4 nitrogen and oxygen atoms in total. The van der Waals surface area contributed by atoms with Gasteiger partial charge in [-0.25, -0.2) is 8.42 Å². The number of benzene rings is 1. The Bertz CT molecular complexity index is 694. The molecule has 19 heavy (non-hydrogen) atoms. The van der Waals surface area contributed by atoms with Crippen LogP contribution in [-0.2, 0) is 9.84 Å². The van der Waals surface area contributed by atoms with Crippen LogP contribution in [0.4, 0.5) is 0 Å². The molecule has 2 rings (SSSR count). The highest BCUT2D eigenvalue weighted by Gasteiger charge is 2.15. The molecular weight excluding hydrogens is 262 g/mol. The SMILES string of the molecule is CCS(=O)(=O)c1cccc(C(=O)c2ccccn2)c1. The van der Waals surface area contributed by atoms with Gasteiger partial charge in [-0.15, -0.1) is 0 Å². The van der Waals surface area contributed by atoms with Crippen molar-refractivity contribution < 1.29 is 13.2 Å².